The molecular formula is C18H16ClN7O. The summed E-state index contributed by atoms with van der Waals surface area (Å²) in [5.41, 5.74) is 2.78. The van der Waals surface area contributed by atoms with Gasteiger partial charge in [-0.2, -0.15) is 15.2 Å². The van der Waals surface area contributed by atoms with E-state index in [1.807, 2.05) is 13.0 Å². The number of aryl methyl sites for hydroxylation is 1. The highest BCUT2D eigenvalue weighted by atomic mass is 35.5. The van der Waals surface area contributed by atoms with Crippen molar-refractivity contribution in [3.8, 4) is 11.4 Å². The Bertz CT molecular complexity index is 1020. The van der Waals surface area contributed by atoms with Gasteiger partial charge < -0.3 is 0 Å². The van der Waals surface area contributed by atoms with E-state index in [-0.39, 0.29) is 17.9 Å². The first kappa shape index (κ1) is 16.3. The number of fused-ring (bicyclic) bond motifs is 1. The highest BCUT2D eigenvalue weighted by Crippen LogP contribution is 2.51. The fraction of sp³-hybridized carbons (Fsp3) is 0.333. The van der Waals surface area contributed by atoms with Gasteiger partial charge in [0, 0.05) is 23.7 Å². The molecule has 2 fully saturated rings. The third kappa shape index (κ3) is 2.76. The lowest BCUT2D eigenvalue weighted by molar-refractivity contribution is -0.121. The molecule has 1 amide bonds. The zero-order valence-electron chi connectivity index (χ0n) is 14.5. The molecule has 1 saturated heterocycles. The minimum absolute atomic E-state index is 0.0655. The molecule has 2 aliphatic rings. The zero-order chi connectivity index (χ0) is 18.5. The van der Waals surface area contributed by atoms with Gasteiger partial charge in [-0.05, 0) is 42.9 Å². The summed E-state index contributed by atoms with van der Waals surface area (Å²) in [6, 6.07) is 3.86. The van der Waals surface area contributed by atoms with Crippen LogP contribution in [-0.4, -0.2) is 42.3 Å². The Morgan fingerprint density at radius 1 is 1.26 bits per heavy atom. The summed E-state index contributed by atoms with van der Waals surface area (Å²) in [6.45, 7) is 1.93. The van der Waals surface area contributed by atoms with Crippen LogP contribution >= 0.6 is 11.6 Å². The van der Waals surface area contributed by atoms with Crippen molar-refractivity contribution in [1.29, 1.82) is 0 Å². The molecule has 9 heteroatoms. The second-order valence-corrected chi connectivity index (χ2v) is 7.43. The number of hydrogen-bond acceptors (Lipinski definition) is 6. The molecule has 3 atom stereocenters. The first-order valence-corrected chi connectivity index (χ1v) is 9.13. The minimum Gasteiger partial charge on any atom is -0.276 e. The second-order valence-electron chi connectivity index (χ2n) is 7.04. The largest absolute Gasteiger partial charge is 0.276 e. The van der Waals surface area contributed by atoms with Crippen LogP contribution in [0.1, 0.15) is 17.5 Å². The number of hydrogen-bond donors (Lipinski definition) is 1. The molecule has 0 radical (unpaired) electrons. The van der Waals surface area contributed by atoms with Crippen molar-refractivity contribution in [2.24, 2.45) is 11.8 Å². The highest BCUT2D eigenvalue weighted by Gasteiger charge is 2.59. The van der Waals surface area contributed by atoms with Crippen molar-refractivity contribution >= 4 is 23.5 Å². The smallest absolute Gasteiger partial charge is 0.251 e. The fourth-order valence-electron chi connectivity index (χ4n) is 3.83. The van der Waals surface area contributed by atoms with E-state index in [4.69, 9.17) is 11.6 Å². The molecule has 1 aliphatic heterocycles. The number of nitrogens with one attached hydrogen (secondary N) is 1. The van der Waals surface area contributed by atoms with Crippen molar-refractivity contribution < 1.29 is 4.79 Å². The number of aromatic nitrogens is 6. The van der Waals surface area contributed by atoms with Crippen molar-refractivity contribution in [2.75, 3.05) is 4.90 Å². The maximum absolute atomic E-state index is 13.0. The molecule has 5 rings (SSSR count). The number of H-pyrrole nitrogens is 1. The average molecular weight is 382 g/mol. The Labute approximate surface area is 160 Å². The van der Waals surface area contributed by atoms with Crippen LogP contribution < -0.4 is 4.90 Å². The number of piperidine rings is 1. The lowest BCUT2D eigenvalue weighted by atomic mass is 9.96. The van der Waals surface area contributed by atoms with Crippen molar-refractivity contribution in [3.63, 3.8) is 0 Å². The monoisotopic (exact) mass is 381 g/mol. The Morgan fingerprint density at radius 3 is 2.89 bits per heavy atom. The number of rotatable bonds is 4. The number of halogens is 1. The van der Waals surface area contributed by atoms with Gasteiger partial charge in [0.25, 0.3) is 5.95 Å². The molecule has 3 aromatic heterocycles. The van der Waals surface area contributed by atoms with E-state index in [0.29, 0.717) is 29.3 Å². The maximum atomic E-state index is 13.0. The molecule has 4 heterocycles. The van der Waals surface area contributed by atoms with Gasteiger partial charge in [-0.1, -0.05) is 17.7 Å². The molecule has 0 spiro atoms. The Kier molecular flexibility index (Phi) is 3.68. The predicted octanol–water partition coefficient (Wildman–Crippen LogP) is 2.21. The summed E-state index contributed by atoms with van der Waals surface area (Å²) in [5.74, 6) is 1.37. The quantitative estimate of drug-likeness (QED) is 0.695. The minimum atomic E-state index is -0.0655. The first-order chi connectivity index (χ1) is 13.1. The van der Waals surface area contributed by atoms with Gasteiger partial charge in [-0.25, -0.2) is 4.98 Å². The third-order valence-electron chi connectivity index (χ3n) is 5.33. The second kappa shape index (κ2) is 6.09. The zero-order valence-corrected chi connectivity index (χ0v) is 15.3. The number of aromatic amines is 1. The van der Waals surface area contributed by atoms with Gasteiger partial charge in [0.1, 0.15) is 5.15 Å². The van der Waals surface area contributed by atoms with Crippen LogP contribution in [0.4, 0.5) is 5.95 Å². The van der Waals surface area contributed by atoms with Gasteiger partial charge in [0.15, 0.2) is 5.82 Å². The molecule has 3 aromatic rings. The SMILES string of the molecule is Cc1cnncc1-c1nc(N2C(=O)[C@H](Cc3ccc(Cl)nc3)[C@@H]3C[C@@H]32)n[nH]1. The van der Waals surface area contributed by atoms with E-state index in [1.54, 1.807) is 29.6 Å². The lowest BCUT2D eigenvalue weighted by Crippen LogP contribution is -2.33. The fourth-order valence-corrected chi connectivity index (χ4v) is 3.94. The summed E-state index contributed by atoms with van der Waals surface area (Å²) < 4.78 is 0. The van der Waals surface area contributed by atoms with E-state index < -0.39 is 0 Å². The molecular weight excluding hydrogens is 366 g/mol. The molecule has 0 aromatic carbocycles. The summed E-state index contributed by atoms with van der Waals surface area (Å²) in [4.78, 5) is 23.4. The molecule has 136 valence electrons. The molecule has 27 heavy (non-hydrogen) atoms. The van der Waals surface area contributed by atoms with Crippen LogP contribution in [0.3, 0.4) is 0 Å². The third-order valence-corrected chi connectivity index (χ3v) is 5.55. The summed E-state index contributed by atoms with van der Waals surface area (Å²) in [5, 5.41) is 15.4. The average Bonchev–Trinajstić information content (AvgIpc) is 3.18. The van der Waals surface area contributed by atoms with Gasteiger partial charge >= 0.3 is 0 Å². The molecule has 1 N–H and O–H groups in total. The molecule has 8 nitrogen and oxygen atoms in total. The van der Waals surface area contributed by atoms with Crippen LogP contribution in [0.25, 0.3) is 11.4 Å². The van der Waals surface area contributed by atoms with Crippen LogP contribution in [0, 0.1) is 18.8 Å². The molecule has 0 unspecified atom stereocenters. The van der Waals surface area contributed by atoms with E-state index in [2.05, 4.69) is 30.4 Å². The van der Waals surface area contributed by atoms with Crippen LogP contribution in [0.15, 0.2) is 30.7 Å². The van der Waals surface area contributed by atoms with E-state index in [9.17, 15) is 4.79 Å². The molecule has 0 bridgehead atoms. The van der Waals surface area contributed by atoms with Crippen LogP contribution in [-0.2, 0) is 11.2 Å². The summed E-state index contributed by atoms with van der Waals surface area (Å²) in [7, 11) is 0. The molecule has 1 aliphatic carbocycles. The van der Waals surface area contributed by atoms with Crippen LogP contribution in [0.2, 0.25) is 5.15 Å². The lowest BCUT2D eigenvalue weighted by Gasteiger charge is -2.17. The Balaban J connectivity index is 1.39. The van der Waals surface area contributed by atoms with Crippen molar-refractivity contribution in [1.82, 2.24) is 30.4 Å². The van der Waals surface area contributed by atoms with Crippen molar-refractivity contribution in [3.05, 3.63) is 47.0 Å². The van der Waals surface area contributed by atoms with Gasteiger partial charge in [-0.15, -0.1) is 5.10 Å². The van der Waals surface area contributed by atoms with Gasteiger partial charge in [-0.3, -0.25) is 14.8 Å². The number of pyridine rings is 1. The van der Waals surface area contributed by atoms with Gasteiger partial charge in [0.2, 0.25) is 5.91 Å². The first-order valence-electron chi connectivity index (χ1n) is 8.75. The number of nitrogens with zero attached hydrogens (tertiary/aromatic N) is 6. The molecule has 1 saturated carbocycles. The van der Waals surface area contributed by atoms with Crippen molar-refractivity contribution in [2.45, 2.75) is 25.8 Å². The standard InChI is InChI=1S/C18H16ClN7O/c1-9-6-21-22-8-13(9)16-23-18(25-24-16)26-14-5-11(14)12(17(26)27)4-10-2-3-15(19)20-7-10/h2-3,6-8,11-12,14H,4-5H2,1H3,(H,23,24,25)/t11-,12+,14-/m0/s1. The van der Waals surface area contributed by atoms with E-state index >= 15 is 0 Å². The number of amides is 1. The Morgan fingerprint density at radius 2 is 2.11 bits per heavy atom. The van der Waals surface area contributed by atoms with Gasteiger partial charge in [0.05, 0.1) is 12.4 Å². The summed E-state index contributed by atoms with van der Waals surface area (Å²) in [6.07, 6.45) is 6.69. The number of carbonyl (C=O) groups excluding carboxylic acids is 1. The maximum Gasteiger partial charge on any atom is 0.251 e. The van der Waals surface area contributed by atoms with E-state index in [1.165, 1.54) is 0 Å². The topological polar surface area (TPSA) is 101 Å². The van der Waals surface area contributed by atoms with Crippen LogP contribution in [0.5, 0.6) is 0 Å². The number of carbonyl (C=O) groups is 1. The Hall–Kier alpha value is -2.87. The highest BCUT2D eigenvalue weighted by molar-refractivity contribution is 6.29. The normalized spacial score (nSPS) is 23.6. The predicted molar refractivity (Wildman–Crippen MR) is 98.0 cm³/mol. The van der Waals surface area contributed by atoms with E-state index in [0.717, 1.165) is 23.1 Å². The summed E-state index contributed by atoms with van der Waals surface area (Å²) >= 11 is 5.85. The number of anilines is 1.